The van der Waals surface area contributed by atoms with Gasteiger partial charge in [-0.05, 0) is 48.4 Å². The first kappa shape index (κ1) is 15.8. The van der Waals surface area contributed by atoms with Crippen molar-refractivity contribution >= 4 is 5.91 Å². The maximum Gasteiger partial charge on any atom is 0.270 e. The van der Waals surface area contributed by atoms with Gasteiger partial charge in [-0.3, -0.25) is 4.79 Å². The minimum absolute atomic E-state index is 0.0972. The van der Waals surface area contributed by atoms with Crippen LogP contribution in [0.5, 0.6) is 0 Å². The summed E-state index contributed by atoms with van der Waals surface area (Å²) in [6.45, 7) is 1.77. The predicted octanol–water partition coefficient (Wildman–Crippen LogP) is 2.61. The first-order valence-electron chi connectivity index (χ1n) is 8.26. The number of aromatic nitrogens is 1. The number of rotatable bonds is 4. The summed E-state index contributed by atoms with van der Waals surface area (Å²) in [6.07, 6.45) is 5.07. The second kappa shape index (κ2) is 7.01. The Morgan fingerprint density at radius 1 is 1.13 bits per heavy atom. The molecule has 23 heavy (non-hydrogen) atoms. The van der Waals surface area contributed by atoms with Crippen LogP contribution < -0.4 is 0 Å². The zero-order chi connectivity index (χ0) is 16.2. The highest BCUT2D eigenvalue weighted by atomic mass is 16.3. The summed E-state index contributed by atoms with van der Waals surface area (Å²) in [7, 11) is 1.91. The molecule has 0 unspecified atom stereocenters. The van der Waals surface area contributed by atoms with E-state index >= 15 is 0 Å². The van der Waals surface area contributed by atoms with E-state index in [1.807, 2.05) is 47.0 Å². The number of amides is 1. The summed E-state index contributed by atoms with van der Waals surface area (Å²) in [6, 6.07) is 12.0. The molecule has 4 heteroatoms. The molecule has 1 N–H and O–H groups in total. The highest BCUT2D eigenvalue weighted by molar-refractivity contribution is 5.92. The Balaban J connectivity index is 1.54. The summed E-state index contributed by atoms with van der Waals surface area (Å²) in [5, 5.41) is 9.09. The SMILES string of the molecule is Cn1cccc1C(=O)N1CCC(Cc2ccc(CO)cc2)CC1. The van der Waals surface area contributed by atoms with Gasteiger partial charge in [0, 0.05) is 26.3 Å². The summed E-state index contributed by atoms with van der Waals surface area (Å²) in [5.41, 5.74) is 3.04. The van der Waals surface area contributed by atoms with E-state index < -0.39 is 0 Å². The average Bonchev–Trinajstić information content (AvgIpc) is 3.02. The molecule has 4 nitrogen and oxygen atoms in total. The van der Waals surface area contributed by atoms with Crippen molar-refractivity contribution in [2.24, 2.45) is 13.0 Å². The quantitative estimate of drug-likeness (QED) is 0.943. The molecule has 0 bridgehead atoms. The molecule has 0 radical (unpaired) electrons. The molecular weight excluding hydrogens is 288 g/mol. The van der Waals surface area contributed by atoms with Crippen molar-refractivity contribution in [3.8, 4) is 0 Å². The molecule has 3 rings (SSSR count). The number of piperidine rings is 1. The van der Waals surface area contributed by atoms with Gasteiger partial charge in [-0.2, -0.15) is 0 Å². The lowest BCUT2D eigenvalue weighted by Gasteiger charge is -2.32. The van der Waals surface area contributed by atoms with Gasteiger partial charge in [0.15, 0.2) is 0 Å². The number of hydrogen-bond donors (Lipinski definition) is 1. The maximum absolute atomic E-state index is 12.5. The van der Waals surface area contributed by atoms with Crippen molar-refractivity contribution in [2.75, 3.05) is 13.1 Å². The van der Waals surface area contributed by atoms with E-state index in [4.69, 9.17) is 5.11 Å². The number of aryl methyl sites for hydroxylation is 1. The van der Waals surface area contributed by atoms with E-state index in [0.29, 0.717) is 5.92 Å². The molecule has 1 aliphatic heterocycles. The van der Waals surface area contributed by atoms with Crippen molar-refractivity contribution in [1.82, 2.24) is 9.47 Å². The van der Waals surface area contributed by atoms with E-state index in [1.54, 1.807) is 0 Å². The zero-order valence-electron chi connectivity index (χ0n) is 13.6. The third-order valence-corrected chi connectivity index (χ3v) is 4.79. The Morgan fingerprint density at radius 2 is 1.78 bits per heavy atom. The van der Waals surface area contributed by atoms with E-state index in [2.05, 4.69) is 12.1 Å². The summed E-state index contributed by atoms with van der Waals surface area (Å²) < 4.78 is 1.89. The van der Waals surface area contributed by atoms with Crippen LogP contribution in [-0.2, 0) is 20.1 Å². The Labute approximate surface area is 137 Å². The van der Waals surface area contributed by atoms with E-state index in [0.717, 1.165) is 43.6 Å². The molecule has 2 heterocycles. The van der Waals surface area contributed by atoms with E-state index in [-0.39, 0.29) is 12.5 Å². The van der Waals surface area contributed by atoms with Gasteiger partial charge in [0.05, 0.1) is 6.61 Å². The molecule has 1 aliphatic rings. The molecule has 1 aromatic carbocycles. The number of hydrogen-bond acceptors (Lipinski definition) is 2. The van der Waals surface area contributed by atoms with Crippen LogP contribution in [-0.4, -0.2) is 33.6 Å². The first-order chi connectivity index (χ1) is 11.2. The first-order valence-corrected chi connectivity index (χ1v) is 8.26. The standard InChI is InChI=1S/C19H24N2O2/c1-20-10-2-3-18(20)19(23)21-11-8-16(9-12-21)13-15-4-6-17(14-22)7-5-15/h2-7,10,16,22H,8-9,11-14H2,1H3. The highest BCUT2D eigenvalue weighted by Crippen LogP contribution is 2.23. The molecular formula is C19H24N2O2. The second-order valence-electron chi connectivity index (χ2n) is 6.42. The highest BCUT2D eigenvalue weighted by Gasteiger charge is 2.24. The Hall–Kier alpha value is -2.07. The van der Waals surface area contributed by atoms with Gasteiger partial charge in [0.1, 0.15) is 5.69 Å². The lowest BCUT2D eigenvalue weighted by molar-refractivity contribution is 0.0681. The molecule has 0 aliphatic carbocycles. The van der Waals surface area contributed by atoms with Crippen LogP contribution >= 0.6 is 0 Å². The number of aliphatic hydroxyl groups excluding tert-OH is 1. The van der Waals surface area contributed by atoms with E-state index in [1.165, 1.54) is 5.56 Å². The Morgan fingerprint density at radius 3 is 2.35 bits per heavy atom. The number of aliphatic hydroxyl groups is 1. The average molecular weight is 312 g/mol. The summed E-state index contributed by atoms with van der Waals surface area (Å²) in [5.74, 6) is 0.774. The Kier molecular flexibility index (Phi) is 4.82. The van der Waals surface area contributed by atoms with Gasteiger partial charge >= 0.3 is 0 Å². The lowest BCUT2D eigenvalue weighted by atomic mass is 9.90. The van der Waals surface area contributed by atoms with Gasteiger partial charge in [0.2, 0.25) is 0 Å². The number of carbonyl (C=O) groups is 1. The molecule has 1 aromatic heterocycles. The fraction of sp³-hybridized carbons (Fsp3) is 0.421. The van der Waals surface area contributed by atoms with Crippen molar-refractivity contribution in [3.05, 3.63) is 59.4 Å². The van der Waals surface area contributed by atoms with Gasteiger partial charge < -0.3 is 14.6 Å². The number of likely N-dealkylation sites (tertiary alicyclic amines) is 1. The third-order valence-electron chi connectivity index (χ3n) is 4.79. The van der Waals surface area contributed by atoms with E-state index in [9.17, 15) is 4.79 Å². The normalized spacial score (nSPS) is 15.8. The van der Waals surface area contributed by atoms with Gasteiger partial charge in [-0.25, -0.2) is 0 Å². The van der Waals surface area contributed by atoms with Gasteiger partial charge in [-0.1, -0.05) is 24.3 Å². The van der Waals surface area contributed by atoms with Crippen LogP contribution in [0.25, 0.3) is 0 Å². The van der Waals surface area contributed by atoms with Gasteiger partial charge in [-0.15, -0.1) is 0 Å². The third kappa shape index (κ3) is 3.64. The van der Waals surface area contributed by atoms with Crippen LogP contribution in [0.15, 0.2) is 42.6 Å². The smallest absolute Gasteiger partial charge is 0.270 e. The minimum Gasteiger partial charge on any atom is -0.392 e. The van der Waals surface area contributed by atoms with Crippen LogP contribution in [0.2, 0.25) is 0 Å². The van der Waals surface area contributed by atoms with Crippen molar-refractivity contribution < 1.29 is 9.90 Å². The Bertz CT molecular complexity index is 652. The molecule has 0 atom stereocenters. The van der Waals surface area contributed by atoms with Crippen LogP contribution in [0.3, 0.4) is 0 Å². The fourth-order valence-corrected chi connectivity index (χ4v) is 3.30. The van der Waals surface area contributed by atoms with Crippen molar-refractivity contribution in [2.45, 2.75) is 25.9 Å². The van der Waals surface area contributed by atoms with Crippen LogP contribution in [0, 0.1) is 5.92 Å². The molecule has 1 amide bonds. The number of carbonyl (C=O) groups excluding carboxylic acids is 1. The number of nitrogens with zero attached hydrogens (tertiary/aromatic N) is 2. The summed E-state index contributed by atoms with van der Waals surface area (Å²) in [4.78, 5) is 14.5. The summed E-state index contributed by atoms with van der Waals surface area (Å²) >= 11 is 0. The van der Waals surface area contributed by atoms with Crippen LogP contribution in [0.1, 0.15) is 34.5 Å². The minimum atomic E-state index is 0.0972. The molecule has 2 aromatic rings. The van der Waals surface area contributed by atoms with Gasteiger partial charge in [0.25, 0.3) is 5.91 Å². The maximum atomic E-state index is 12.5. The molecule has 1 fully saturated rings. The lowest BCUT2D eigenvalue weighted by Crippen LogP contribution is -2.39. The number of benzene rings is 1. The predicted molar refractivity (Wildman–Crippen MR) is 90.1 cm³/mol. The van der Waals surface area contributed by atoms with Crippen LogP contribution in [0.4, 0.5) is 0 Å². The van der Waals surface area contributed by atoms with Crippen molar-refractivity contribution in [1.29, 1.82) is 0 Å². The molecule has 122 valence electrons. The zero-order valence-corrected chi connectivity index (χ0v) is 13.6. The topological polar surface area (TPSA) is 45.5 Å². The monoisotopic (exact) mass is 312 g/mol. The molecule has 0 saturated carbocycles. The molecule has 0 spiro atoms. The largest absolute Gasteiger partial charge is 0.392 e. The second-order valence-corrected chi connectivity index (χ2v) is 6.42. The fourth-order valence-electron chi connectivity index (χ4n) is 3.30. The molecule has 1 saturated heterocycles. The van der Waals surface area contributed by atoms with Crippen molar-refractivity contribution in [3.63, 3.8) is 0 Å².